The molecule has 22 heavy (non-hydrogen) atoms. The summed E-state index contributed by atoms with van der Waals surface area (Å²) in [5.41, 5.74) is 8.72. The van der Waals surface area contributed by atoms with Crippen LogP contribution >= 0.6 is 23.2 Å². The Balaban J connectivity index is 1.95. The largest absolute Gasteiger partial charge is 0.487 e. The Kier molecular flexibility index (Phi) is 4.10. The van der Waals surface area contributed by atoms with Gasteiger partial charge in [-0.05, 0) is 31.2 Å². The highest BCUT2D eigenvalue weighted by Gasteiger charge is 2.11. The molecule has 1 aromatic heterocycles. The van der Waals surface area contributed by atoms with Gasteiger partial charge >= 0.3 is 0 Å². The van der Waals surface area contributed by atoms with Gasteiger partial charge in [-0.15, -0.1) is 0 Å². The summed E-state index contributed by atoms with van der Waals surface area (Å²) in [7, 11) is 0. The zero-order valence-electron chi connectivity index (χ0n) is 11.9. The van der Waals surface area contributed by atoms with Gasteiger partial charge in [0.2, 0.25) is 0 Å². The van der Waals surface area contributed by atoms with E-state index in [0.29, 0.717) is 27.0 Å². The van der Waals surface area contributed by atoms with Crippen LogP contribution in [0.1, 0.15) is 11.3 Å². The molecule has 0 aliphatic heterocycles. The first-order valence-corrected chi connectivity index (χ1v) is 7.53. The maximum atomic E-state index is 6.20. The summed E-state index contributed by atoms with van der Waals surface area (Å²) < 4.78 is 5.89. The minimum Gasteiger partial charge on any atom is -0.487 e. The van der Waals surface area contributed by atoms with Crippen LogP contribution in [0.2, 0.25) is 10.0 Å². The number of nitrogens with zero attached hydrogens (tertiary/aromatic N) is 1. The maximum Gasteiger partial charge on any atom is 0.146 e. The van der Waals surface area contributed by atoms with Crippen molar-refractivity contribution in [1.29, 1.82) is 0 Å². The van der Waals surface area contributed by atoms with Crippen molar-refractivity contribution >= 4 is 39.8 Å². The smallest absolute Gasteiger partial charge is 0.146 e. The summed E-state index contributed by atoms with van der Waals surface area (Å²) in [4.78, 5) is 4.53. The highest BCUT2D eigenvalue weighted by Crippen LogP contribution is 2.32. The quantitative estimate of drug-likeness (QED) is 0.685. The Hall–Kier alpha value is -1.97. The Morgan fingerprint density at radius 1 is 1.09 bits per heavy atom. The van der Waals surface area contributed by atoms with Crippen LogP contribution in [0.3, 0.4) is 0 Å². The second-order valence-electron chi connectivity index (χ2n) is 5.00. The van der Waals surface area contributed by atoms with Gasteiger partial charge in [0.05, 0.1) is 10.7 Å². The van der Waals surface area contributed by atoms with Crippen molar-refractivity contribution in [3.8, 4) is 5.75 Å². The van der Waals surface area contributed by atoms with Crippen molar-refractivity contribution < 1.29 is 4.74 Å². The van der Waals surface area contributed by atoms with Gasteiger partial charge < -0.3 is 10.5 Å². The topological polar surface area (TPSA) is 48.1 Å². The fourth-order valence-corrected chi connectivity index (χ4v) is 2.71. The molecule has 0 saturated carbocycles. The summed E-state index contributed by atoms with van der Waals surface area (Å²) in [5.74, 6) is 0.691. The SMILES string of the molecule is Cc1ccc2cccc(OCc3c(Cl)ccc(N)c3Cl)c2n1. The van der Waals surface area contributed by atoms with Gasteiger partial charge in [0, 0.05) is 21.7 Å². The summed E-state index contributed by atoms with van der Waals surface area (Å²) in [5, 5.41) is 1.98. The van der Waals surface area contributed by atoms with Crippen LogP contribution in [0.25, 0.3) is 10.9 Å². The number of ether oxygens (including phenoxy) is 1. The lowest BCUT2D eigenvalue weighted by molar-refractivity contribution is 0.309. The number of halogens is 2. The number of aromatic nitrogens is 1. The average molecular weight is 333 g/mol. The predicted octanol–water partition coefficient (Wildman–Crippen LogP) is 5.01. The zero-order chi connectivity index (χ0) is 15.7. The molecule has 0 aliphatic carbocycles. The van der Waals surface area contributed by atoms with E-state index in [2.05, 4.69) is 4.98 Å². The molecule has 0 spiro atoms. The number of anilines is 1. The van der Waals surface area contributed by atoms with Gasteiger partial charge in [0.25, 0.3) is 0 Å². The number of nitrogens with two attached hydrogens (primary N) is 1. The molecular weight excluding hydrogens is 319 g/mol. The average Bonchev–Trinajstić information content (AvgIpc) is 2.51. The van der Waals surface area contributed by atoms with E-state index in [-0.39, 0.29) is 6.61 Å². The van der Waals surface area contributed by atoms with Gasteiger partial charge in [-0.2, -0.15) is 0 Å². The molecule has 0 saturated heterocycles. The Labute approximate surface area is 138 Å². The second kappa shape index (κ2) is 6.03. The van der Waals surface area contributed by atoms with E-state index in [4.69, 9.17) is 33.7 Å². The molecular formula is C17H14Cl2N2O. The lowest BCUT2D eigenvalue weighted by Gasteiger charge is -2.12. The standard InChI is InChI=1S/C17H14Cl2N2O/c1-10-5-6-11-3-2-4-15(17(11)21-10)22-9-12-13(18)7-8-14(20)16(12)19/h2-8H,9,20H2,1H3. The lowest BCUT2D eigenvalue weighted by atomic mass is 10.2. The van der Waals surface area contributed by atoms with Crippen molar-refractivity contribution in [3.05, 3.63) is 63.8 Å². The predicted molar refractivity (Wildman–Crippen MR) is 91.7 cm³/mol. The van der Waals surface area contributed by atoms with E-state index >= 15 is 0 Å². The van der Waals surface area contributed by atoms with E-state index in [1.807, 2.05) is 37.3 Å². The molecule has 3 rings (SSSR count). The van der Waals surface area contributed by atoms with Gasteiger partial charge in [-0.25, -0.2) is 4.98 Å². The Bertz CT molecular complexity index is 849. The van der Waals surface area contributed by atoms with Gasteiger partial charge in [0.15, 0.2) is 0 Å². The number of hydrogen-bond acceptors (Lipinski definition) is 3. The summed E-state index contributed by atoms with van der Waals surface area (Å²) in [6.45, 7) is 2.18. The van der Waals surface area contributed by atoms with Crippen LogP contribution in [0.5, 0.6) is 5.75 Å². The minimum absolute atomic E-state index is 0.234. The molecule has 0 aliphatic rings. The van der Waals surface area contributed by atoms with Crippen LogP contribution in [0.4, 0.5) is 5.69 Å². The molecule has 0 radical (unpaired) electrons. The highest BCUT2D eigenvalue weighted by atomic mass is 35.5. The van der Waals surface area contributed by atoms with Crippen LogP contribution < -0.4 is 10.5 Å². The molecule has 5 heteroatoms. The molecule has 2 N–H and O–H groups in total. The summed E-state index contributed by atoms with van der Waals surface area (Å²) >= 11 is 12.4. The number of rotatable bonds is 3. The lowest BCUT2D eigenvalue weighted by Crippen LogP contribution is -2.01. The minimum atomic E-state index is 0.234. The van der Waals surface area contributed by atoms with Crippen molar-refractivity contribution in [1.82, 2.24) is 4.98 Å². The van der Waals surface area contributed by atoms with E-state index in [9.17, 15) is 0 Å². The number of fused-ring (bicyclic) bond motifs is 1. The number of aryl methyl sites for hydroxylation is 1. The summed E-state index contributed by atoms with van der Waals surface area (Å²) in [6.07, 6.45) is 0. The first-order chi connectivity index (χ1) is 10.6. The van der Waals surface area contributed by atoms with Gasteiger partial charge in [-0.1, -0.05) is 41.4 Å². The van der Waals surface area contributed by atoms with Crippen molar-refractivity contribution in [3.63, 3.8) is 0 Å². The molecule has 1 heterocycles. The molecule has 0 atom stereocenters. The van der Waals surface area contributed by atoms with E-state index in [0.717, 1.165) is 16.6 Å². The molecule has 0 unspecified atom stereocenters. The Morgan fingerprint density at radius 3 is 2.73 bits per heavy atom. The molecule has 0 amide bonds. The third-order valence-corrected chi connectivity index (χ3v) is 4.21. The van der Waals surface area contributed by atoms with Crippen LogP contribution in [0, 0.1) is 6.92 Å². The fourth-order valence-electron chi connectivity index (χ4n) is 2.23. The monoisotopic (exact) mass is 332 g/mol. The number of para-hydroxylation sites is 1. The second-order valence-corrected chi connectivity index (χ2v) is 5.78. The maximum absolute atomic E-state index is 6.20. The highest BCUT2D eigenvalue weighted by molar-refractivity contribution is 6.37. The van der Waals surface area contributed by atoms with E-state index in [1.165, 1.54) is 0 Å². The van der Waals surface area contributed by atoms with Crippen molar-refractivity contribution in [2.24, 2.45) is 0 Å². The molecule has 3 nitrogen and oxygen atoms in total. The Morgan fingerprint density at radius 2 is 1.91 bits per heavy atom. The first-order valence-electron chi connectivity index (χ1n) is 6.78. The number of nitrogen functional groups attached to an aromatic ring is 1. The number of pyridine rings is 1. The number of benzene rings is 2. The fraction of sp³-hybridized carbons (Fsp3) is 0.118. The molecule has 2 aromatic carbocycles. The molecule has 3 aromatic rings. The van der Waals surface area contributed by atoms with E-state index in [1.54, 1.807) is 12.1 Å². The third kappa shape index (κ3) is 2.82. The van der Waals surface area contributed by atoms with Crippen molar-refractivity contribution in [2.45, 2.75) is 13.5 Å². The third-order valence-electron chi connectivity index (χ3n) is 3.41. The van der Waals surface area contributed by atoms with Gasteiger partial charge in [-0.3, -0.25) is 0 Å². The normalized spacial score (nSPS) is 10.9. The zero-order valence-corrected chi connectivity index (χ0v) is 13.4. The van der Waals surface area contributed by atoms with Crippen molar-refractivity contribution in [2.75, 3.05) is 5.73 Å². The van der Waals surface area contributed by atoms with Crippen LogP contribution in [-0.2, 0) is 6.61 Å². The van der Waals surface area contributed by atoms with E-state index < -0.39 is 0 Å². The molecule has 0 bridgehead atoms. The molecule has 0 fully saturated rings. The first kappa shape index (κ1) is 14.9. The number of hydrogen-bond donors (Lipinski definition) is 1. The van der Waals surface area contributed by atoms with Crippen LogP contribution in [-0.4, -0.2) is 4.98 Å². The molecule has 112 valence electrons. The van der Waals surface area contributed by atoms with Crippen LogP contribution in [0.15, 0.2) is 42.5 Å². The summed E-state index contributed by atoms with van der Waals surface area (Å²) in [6, 6.07) is 13.2. The van der Waals surface area contributed by atoms with Gasteiger partial charge in [0.1, 0.15) is 17.9 Å².